The normalized spacial score (nSPS) is 10.2. The number of urea groups is 1. The monoisotopic (exact) mass is 370 g/mol. The molecule has 0 atom stereocenters. The molecule has 2 aromatic rings. The lowest BCUT2D eigenvalue weighted by molar-refractivity contribution is -0.117. The summed E-state index contributed by atoms with van der Waals surface area (Å²) in [6, 6.07) is 6.87. The number of imide groups is 1. The molecule has 0 fully saturated rings. The first-order valence-corrected chi connectivity index (χ1v) is 7.60. The fourth-order valence-electron chi connectivity index (χ4n) is 1.36. The second-order valence-corrected chi connectivity index (χ2v) is 5.64. The zero-order chi connectivity index (χ0) is 15.2. The van der Waals surface area contributed by atoms with Crippen LogP contribution in [-0.4, -0.2) is 34.9 Å². The fourth-order valence-corrected chi connectivity index (χ4v) is 2.32. The van der Waals surface area contributed by atoms with Gasteiger partial charge in [0.15, 0.2) is 0 Å². The van der Waals surface area contributed by atoms with Gasteiger partial charge in [0, 0.05) is 17.1 Å². The maximum Gasteiger partial charge on any atom is 0.321 e. The highest BCUT2D eigenvalue weighted by Crippen LogP contribution is 2.25. The maximum atomic E-state index is 11.4. The number of aromatic nitrogens is 2. The summed E-state index contributed by atoms with van der Waals surface area (Å²) in [7, 11) is 1.43. The van der Waals surface area contributed by atoms with Crippen molar-refractivity contribution in [2.45, 2.75) is 5.22 Å². The molecular formula is C12H11BrN4O3S. The van der Waals surface area contributed by atoms with Crippen molar-refractivity contribution in [1.82, 2.24) is 20.8 Å². The zero-order valence-corrected chi connectivity index (χ0v) is 13.3. The van der Waals surface area contributed by atoms with Crippen LogP contribution in [0.5, 0.6) is 0 Å². The summed E-state index contributed by atoms with van der Waals surface area (Å²) in [5.41, 5.74) is 0.776. The number of thioether (sulfide) groups is 1. The van der Waals surface area contributed by atoms with Gasteiger partial charge in [-0.15, -0.1) is 10.2 Å². The molecule has 110 valence electrons. The molecule has 0 unspecified atom stereocenters. The number of carbonyl (C=O) groups excluding carboxylic acids is 2. The molecule has 7 nitrogen and oxygen atoms in total. The number of rotatable bonds is 4. The Hall–Kier alpha value is -1.87. The Bertz CT molecular complexity index is 661. The van der Waals surface area contributed by atoms with Crippen molar-refractivity contribution in [3.05, 3.63) is 28.7 Å². The molecule has 0 radical (unpaired) electrons. The summed E-state index contributed by atoms with van der Waals surface area (Å²) >= 11 is 4.42. The van der Waals surface area contributed by atoms with Gasteiger partial charge < -0.3 is 9.73 Å². The van der Waals surface area contributed by atoms with Crippen LogP contribution in [0.3, 0.4) is 0 Å². The first-order chi connectivity index (χ1) is 10.1. The Kier molecular flexibility index (Phi) is 5.34. The van der Waals surface area contributed by atoms with E-state index >= 15 is 0 Å². The van der Waals surface area contributed by atoms with Crippen LogP contribution in [0.1, 0.15) is 0 Å². The smallest absolute Gasteiger partial charge is 0.321 e. The van der Waals surface area contributed by atoms with Gasteiger partial charge in [0.05, 0.1) is 5.75 Å². The summed E-state index contributed by atoms with van der Waals surface area (Å²) in [5.74, 6) is -0.0693. The van der Waals surface area contributed by atoms with Crippen molar-refractivity contribution in [2.24, 2.45) is 0 Å². The van der Waals surface area contributed by atoms with Crippen molar-refractivity contribution >= 4 is 39.6 Å². The van der Waals surface area contributed by atoms with Crippen molar-refractivity contribution in [1.29, 1.82) is 0 Å². The molecule has 0 bridgehead atoms. The van der Waals surface area contributed by atoms with Crippen LogP contribution in [0.15, 0.2) is 38.4 Å². The van der Waals surface area contributed by atoms with Crippen LogP contribution in [-0.2, 0) is 4.79 Å². The largest absolute Gasteiger partial charge is 0.411 e. The SMILES string of the molecule is CNC(=O)NC(=O)CSc1nnc(-c2cccc(Br)c2)o1. The minimum absolute atomic E-state index is 0.00748. The number of benzene rings is 1. The third-order valence-corrected chi connectivity index (χ3v) is 3.60. The molecule has 21 heavy (non-hydrogen) atoms. The van der Waals surface area contributed by atoms with E-state index in [-0.39, 0.29) is 11.0 Å². The van der Waals surface area contributed by atoms with Gasteiger partial charge >= 0.3 is 6.03 Å². The Morgan fingerprint density at radius 1 is 1.38 bits per heavy atom. The summed E-state index contributed by atoms with van der Waals surface area (Å²) in [4.78, 5) is 22.4. The summed E-state index contributed by atoms with van der Waals surface area (Å²) < 4.78 is 6.35. The van der Waals surface area contributed by atoms with E-state index in [2.05, 4.69) is 36.8 Å². The number of hydrogen-bond acceptors (Lipinski definition) is 6. The Labute approximate surface area is 133 Å². The van der Waals surface area contributed by atoms with Crippen LogP contribution in [0.4, 0.5) is 4.79 Å². The highest BCUT2D eigenvalue weighted by atomic mass is 79.9. The molecule has 0 spiro atoms. The average Bonchev–Trinajstić information content (AvgIpc) is 2.94. The van der Waals surface area contributed by atoms with Gasteiger partial charge in [0.1, 0.15) is 0 Å². The van der Waals surface area contributed by atoms with Gasteiger partial charge in [-0.2, -0.15) is 0 Å². The van der Waals surface area contributed by atoms with Crippen molar-refractivity contribution in [2.75, 3.05) is 12.8 Å². The standard InChI is InChI=1S/C12H11BrN4O3S/c1-14-11(19)15-9(18)6-21-12-17-16-10(20-12)7-3-2-4-8(13)5-7/h2-5H,6H2,1H3,(H2,14,15,18,19). The summed E-state index contributed by atoms with van der Waals surface area (Å²) in [6.45, 7) is 0. The number of halogens is 1. The van der Waals surface area contributed by atoms with Crippen LogP contribution in [0.2, 0.25) is 0 Å². The topological polar surface area (TPSA) is 97.1 Å². The predicted octanol–water partition coefficient (Wildman–Crippen LogP) is 2.05. The number of nitrogens with one attached hydrogen (secondary N) is 2. The molecule has 0 saturated heterocycles. The second kappa shape index (κ2) is 7.23. The van der Waals surface area contributed by atoms with Crippen molar-refractivity contribution < 1.29 is 14.0 Å². The van der Waals surface area contributed by atoms with Crippen molar-refractivity contribution in [3.8, 4) is 11.5 Å². The van der Waals surface area contributed by atoms with Crippen molar-refractivity contribution in [3.63, 3.8) is 0 Å². The second-order valence-electron chi connectivity index (χ2n) is 3.80. The Morgan fingerprint density at radius 2 is 2.19 bits per heavy atom. The van der Waals surface area contributed by atoms with Gasteiger partial charge in [-0.05, 0) is 18.2 Å². The summed E-state index contributed by atoms with van der Waals surface area (Å²) in [5, 5.41) is 12.4. The van der Waals surface area contributed by atoms with Gasteiger partial charge in [-0.1, -0.05) is 33.8 Å². The molecule has 1 heterocycles. The third-order valence-electron chi connectivity index (χ3n) is 2.28. The minimum Gasteiger partial charge on any atom is -0.411 e. The third kappa shape index (κ3) is 4.57. The molecule has 9 heteroatoms. The molecule has 2 N–H and O–H groups in total. The number of amides is 3. The predicted molar refractivity (Wildman–Crippen MR) is 80.8 cm³/mol. The van der Waals surface area contributed by atoms with Gasteiger partial charge in [-0.3, -0.25) is 10.1 Å². The molecular weight excluding hydrogens is 360 g/mol. The Morgan fingerprint density at radius 3 is 2.90 bits per heavy atom. The van der Waals surface area contributed by atoms with Gasteiger partial charge in [0.2, 0.25) is 11.8 Å². The molecule has 0 aliphatic rings. The molecule has 1 aromatic carbocycles. The van der Waals surface area contributed by atoms with E-state index in [1.807, 2.05) is 24.3 Å². The van der Waals surface area contributed by atoms with Crippen LogP contribution in [0, 0.1) is 0 Å². The zero-order valence-electron chi connectivity index (χ0n) is 10.9. The number of hydrogen-bond donors (Lipinski definition) is 2. The minimum atomic E-state index is -0.555. The molecule has 0 aliphatic carbocycles. The van der Waals surface area contributed by atoms with E-state index in [4.69, 9.17) is 4.42 Å². The van der Waals surface area contributed by atoms with Crippen LogP contribution in [0.25, 0.3) is 11.5 Å². The van der Waals surface area contributed by atoms with E-state index in [1.54, 1.807) is 0 Å². The Balaban J connectivity index is 1.95. The molecule has 2 rings (SSSR count). The number of nitrogens with zero attached hydrogens (tertiary/aromatic N) is 2. The lowest BCUT2D eigenvalue weighted by Gasteiger charge is -2.00. The first kappa shape index (κ1) is 15.5. The van der Waals surface area contributed by atoms with Gasteiger partial charge in [0.25, 0.3) is 5.22 Å². The lowest BCUT2D eigenvalue weighted by atomic mass is 10.2. The van der Waals surface area contributed by atoms with E-state index in [0.717, 1.165) is 21.8 Å². The van der Waals surface area contributed by atoms with E-state index in [9.17, 15) is 9.59 Å². The van der Waals surface area contributed by atoms with Crippen LogP contribution >= 0.6 is 27.7 Å². The summed E-state index contributed by atoms with van der Waals surface area (Å²) in [6.07, 6.45) is 0. The van der Waals surface area contributed by atoms with E-state index in [0.29, 0.717) is 5.89 Å². The molecule has 0 aliphatic heterocycles. The molecule has 3 amide bonds. The molecule has 0 saturated carbocycles. The fraction of sp³-hybridized carbons (Fsp3) is 0.167. The van der Waals surface area contributed by atoms with E-state index in [1.165, 1.54) is 7.05 Å². The highest BCUT2D eigenvalue weighted by molar-refractivity contribution is 9.10. The van der Waals surface area contributed by atoms with Gasteiger partial charge in [-0.25, -0.2) is 4.79 Å². The number of carbonyl (C=O) groups is 2. The lowest BCUT2D eigenvalue weighted by Crippen LogP contribution is -2.38. The van der Waals surface area contributed by atoms with E-state index < -0.39 is 11.9 Å². The first-order valence-electron chi connectivity index (χ1n) is 5.82. The highest BCUT2D eigenvalue weighted by Gasteiger charge is 2.12. The average molecular weight is 371 g/mol. The molecule has 1 aromatic heterocycles. The van der Waals surface area contributed by atoms with Crippen LogP contribution < -0.4 is 10.6 Å². The quantitative estimate of drug-likeness (QED) is 0.799. The maximum absolute atomic E-state index is 11.4.